The molecule has 0 radical (unpaired) electrons. The van der Waals surface area contributed by atoms with E-state index in [2.05, 4.69) is 20.9 Å². The van der Waals surface area contributed by atoms with Gasteiger partial charge in [-0.1, -0.05) is 12.1 Å². The summed E-state index contributed by atoms with van der Waals surface area (Å²) in [5, 5.41) is 11.2. The van der Waals surface area contributed by atoms with Crippen LogP contribution < -0.4 is 4.74 Å². The van der Waals surface area contributed by atoms with E-state index in [1.807, 2.05) is 32.0 Å². The highest BCUT2D eigenvalue weighted by molar-refractivity contribution is 9.10. The Hall–Kier alpha value is -3.20. The quantitative estimate of drug-likeness (QED) is 0.210. The Morgan fingerprint density at radius 3 is 2.42 bits per heavy atom. The molecule has 9 heteroatoms. The van der Waals surface area contributed by atoms with Crippen LogP contribution in [-0.4, -0.2) is 11.1 Å². The molecule has 0 aliphatic rings. The summed E-state index contributed by atoms with van der Waals surface area (Å²) in [5.74, 6) is -0.0813. The van der Waals surface area contributed by atoms with Crippen LogP contribution in [0.15, 0.2) is 64.1 Å². The lowest BCUT2D eigenvalue weighted by atomic mass is 10.1. The molecule has 0 saturated heterocycles. The van der Waals surface area contributed by atoms with Gasteiger partial charge in [0, 0.05) is 12.3 Å². The van der Waals surface area contributed by atoms with Gasteiger partial charge in [-0.3, -0.25) is 15.1 Å². The highest BCUT2D eigenvalue weighted by atomic mass is 79.9. The van der Waals surface area contributed by atoms with Crippen molar-refractivity contribution in [3.8, 4) is 11.5 Å². The van der Waals surface area contributed by atoms with Crippen molar-refractivity contribution in [2.24, 2.45) is 4.99 Å². The van der Waals surface area contributed by atoms with Crippen molar-refractivity contribution < 1.29 is 22.8 Å². The molecule has 0 aromatic heterocycles. The van der Waals surface area contributed by atoms with E-state index in [1.54, 1.807) is 24.4 Å². The fraction of sp³-hybridized carbons (Fsp3) is 0.136. The molecule has 0 atom stereocenters. The SMILES string of the molecule is Cc1cccc(N=Cc2ccc(Oc3ccc(C(F)(F)F)cc3[N+](=O)[O-])c(Br)c2)c1C. The van der Waals surface area contributed by atoms with Gasteiger partial charge in [-0.25, -0.2) is 0 Å². The second kappa shape index (κ2) is 8.89. The number of nitro groups is 1. The normalized spacial score (nSPS) is 11.7. The summed E-state index contributed by atoms with van der Waals surface area (Å²) in [6.45, 7) is 3.98. The van der Waals surface area contributed by atoms with Gasteiger partial charge in [0.2, 0.25) is 5.75 Å². The first kappa shape index (κ1) is 22.5. The smallest absolute Gasteiger partial charge is 0.416 e. The van der Waals surface area contributed by atoms with Gasteiger partial charge in [-0.05, 0) is 82.9 Å². The van der Waals surface area contributed by atoms with E-state index in [0.717, 1.165) is 34.5 Å². The van der Waals surface area contributed by atoms with Gasteiger partial charge in [0.1, 0.15) is 5.75 Å². The molecular formula is C22H16BrF3N2O3. The Kier molecular flexibility index (Phi) is 6.45. The average molecular weight is 493 g/mol. The van der Waals surface area contributed by atoms with E-state index in [4.69, 9.17) is 4.74 Å². The maximum atomic E-state index is 12.9. The lowest BCUT2D eigenvalue weighted by Crippen LogP contribution is -2.06. The van der Waals surface area contributed by atoms with Crippen LogP contribution in [0.3, 0.4) is 0 Å². The zero-order valence-electron chi connectivity index (χ0n) is 16.4. The molecular weight excluding hydrogens is 477 g/mol. The summed E-state index contributed by atoms with van der Waals surface area (Å²) in [7, 11) is 0. The molecule has 3 aromatic carbocycles. The Balaban J connectivity index is 1.86. The van der Waals surface area contributed by atoms with E-state index in [9.17, 15) is 23.3 Å². The number of aliphatic imine (C=N–C) groups is 1. The summed E-state index contributed by atoms with van der Waals surface area (Å²) in [6.07, 6.45) is -3.03. The summed E-state index contributed by atoms with van der Waals surface area (Å²) >= 11 is 3.33. The number of aryl methyl sites for hydroxylation is 1. The van der Waals surface area contributed by atoms with Crippen molar-refractivity contribution in [2.75, 3.05) is 0 Å². The predicted molar refractivity (Wildman–Crippen MR) is 115 cm³/mol. The van der Waals surface area contributed by atoms with Crippen LogP contribution in [0.1, 0.15) is 22.3 Å². The van der Waals surface area contributed by atoms with Crippen molar-refractivity contribution >= 4 is 33.5 Å². The van der Waals surface area contributed by atoms with Gasteiger partial charge in [0.15, 0.2) is 0 Å². The third kappa shape index (κ3) is 5.29. The van der Waals surface area contributed by atoms with Gasteiger partial charge >= 0.3 is 11.9 Å². The van der Waals surface area contributed by atoms with Crippen LogP contribution in [0, 0.1) is 24.0 Å². The second-order valence-corrected chi connectivity index (χ2v) is 7.56. The Morgan fingerprint density at radius 1 is 1.06 bits per heavy atom. The summed E-state index contributed by atoms with van der Waals surface area (Å²) in [5.41, 5.74) is 1.86. The molecule has 0 unspecified atom stereocenters. The van der Waals surface area contributed by atoms with Gasteiger partial charge < -0.3 is 4.74 Å². The fourth-order valence-electron chi connectivity index (χ4n) is 2.74. The highest BCUT2D eigenvalue weighted by Crippen LogP contribution is 2.39. The topological polar surface area (TPSA) is 64.7 Å². The van der Waals surface area contributed by atoms with Gasteiger partial charge in [-0.15, -0.1) is 0 Å². The minimum absolute atomic E-state index is 0.215. The molecule has 3 rings (SSSR count). The van der Waals surface area contributed by atoms with Crippen LogP contribution in [0.2, 0.25) is 0 Å². The van der Waals surface area contributed by atoms with Crippen molar-refractivity contribution in [2.45, 2.75) is 20.0 Å². The van der Waals surface area contributed by atoms with Crippen LogP contribution in [-0.2, 0) is 6.18 Å². The number of benzene rings is 3. The number of rotatable bonds is 5. The van der Waals surface area contributed by atoms with E-state index in [1.165, 1.54) is 0 Å². The minimum Gasteiger partial charge on any atom is -0.449 e. The molecule has 3 aromatic rings. The van der Waals surface area contributed by atoms with Crippen molar-refractivity contribution in [3.05, 3.63) is 91.4 Å². The van der Waals surface area contributed by atoms with Crippen molar-refractivity contribution in [1.82, 2.24) is 0 Å². The summed E-state index contributed by atoms with van der Waals surface area (Å²) in [4.78, 5) is 14.8. The molecule has 5 nitrogen and oxygen atoms in total. The molecule has 0 saturated carbocycles. The van der Waals surface area contributed by atoms with Crippen LogP contribution in [0.25, 0.3) is 0 Å². The predicted octanol–water partition coefficient (Wildman–Crippen LogP) is 7.54. The molecule has 0 N–H and O–H groups in total. The molecule has 0 spiro atoms. The molecule has 0 fully saturated rings. The number of halogens is 4. The Bertz CT molecular complexity index is 1180. The summed E-state index contributed by atoms with van der Waals surface area (Å²) in [6, 6.07) is 12.9. The molecule has 0 bridgehead atoms. The van der Waals surface area contributed by atoms with Crippen LogP contribution in [0.4, 0.5) is 24.5 Å². The number of nitro benzene ring substituents is 1. The largest absolute Gasteiger partial charge is 0.449 e. The summed E-state index contributed by atoms with van der Waals surface area (Å²) < 4.78 is 44.6. The zero-order valence-corrected chi connectivity index (χ0v) is 18.0. The number of ether oxygens (including phenoxy) is 1. The first-order valence-electron chi connectivity index (χ1n) is 8.99. The maximum Gasteiger partial charge on any atom is 0.416 e. The second-order valence-electron chi connectivity index (χ2n) is 6.71. The first-order valence-corrected chi connectivity index (χ1v) is 9.79. The maximum absolute atomic E-state index is 12.9. The van der Waals surface area contributed by atoms with Gasteiger partial charge in [-0.2, -0.15) is 13.2 Å². The minimum atomic E-state index is -4.69. The van der Waals surface area contributed by atoms with E-state index < -0.39 is 22.4 Å². The molecule has 0 aliphatic carbocycles. The van der Waals surface area contributed by atoms with Crippen LogP contribution >= 0.6 is 15.9 Å². The van der Waals surface area contributed by atoms with E-state index >= 15 is 0 Å². The number of hydrogen-bond donors (Lipinski definition) is 0. The molecule has 0 heterocycles. The average Bonchev–Trinajstić information content (AvgIpc) is 2.70. The molecule has 160 valence electrons. The van der Waals surface area contributed by atoms with Gasteiger partial charge in [0.25, 0.3) is 0 Å². The molecule has 31 heavy (non-hydrogen) atoms. The Morgan fingerprint density at radius 2 is 1.77 bits per heavy atom. The third-order valence-electron chi connectivity index (χ3n) is 4.59. The zero-order chi connectivity index (χ0) is 22.8. The highest BCUT2D eigenvalue weighted by Gasteiger charge is 2.33. The standard InChI is InChI=1S/C22H16BrF3N2O3/c1-13-4-3-5-18(14(13)2)27-12-15-6-8-20(17(23)10-15)31-21-9-7-16(22(24,25)26)11-19(21)28(29)30/h3-12H,1-2H3. The van der Waals surface area contributed by atoms with E-state index in [-0.39, 0.29) is 11.5 Å². The monoisotopic (exact) mass is 492 g/mol. The molecule has 0 amide bonds. The number of alkyl halides is 3. The first-order chi connectivity index (χ1) is 14.6. The number of nitrogens with zero attached hydrogens (tertiary/aromatic N) is 2. The number of hydrogen-bond acceptors (Lipinski definition) is 4. The lowest BCUT2D eigenvalue weighted by Gasteiger charge is -2.11. The van der Waals surface area contributed by atoms with Crippen molar-refractivity contribution in [1.29, 1.82) is 0 Å². The third-order valence-corrected chi connectivity index (χ3v) is 5.21. The lowest BCUT2D eigenvalue weighted by molar-refractivity contribution is -0.385. The van der Waals surface area contributed by atoms with Crippen molar-refractivity contribution in [3.63, 3.8) is 0 Å². The van der Waals surface area contributed by atoms with Crippen LogP contribution in [0.5, 0.6) is 11.5 Å². The fourth-order valence-corrected chi connectivity index (χ4v) is 3.22. The Labute approximate surface area is 184 Å². The van der Waals surface area contributed by atoms with E-state index in [0.29, 0.717) is 10.5 Å². The van der Waals surface area contributed by atoms with Gasteiger partial charge in [0.05, 0.1) is 20.6 Å². The molecule has 0 aliphatic heterocycles.